The fraction of sp³-hybridized carbons (Fsp3) is 0.583. The topological polar surface area (TPSA) is 66.3 Å². The first-order valence-corrected chi connectivity index (χ1v) is 7.30. The molecule has 0 aliphatic carbocycles. The number of thioether (sulfide) groups is 1. The van der Waals surface area contributed by atoms with Crippen molar-refractivity contribution in [1.29, 1.82) is 0 Å². The van der Waals surface area contributed by atoms with Gasteiger partial charge in [-0.25, -0.2) is 14.8 Å². The average Bonchev–Trinajstić information content (AvgIpc) is 2.64. The van der Waals surface area contributed by atoms with Crippen LogP contribution in [0.3, 0.4) is 0 Å². The van der Waals surface area contributed by atoms with Gasteiger partial charge >= 0.3 is 5.97 Å². The molecule has 1 saturated heterocycles. The summed E-state index contributed by atoms with van der Waals surface area (Å²) in [7, 11) is 0. The zero-order valence-electron chi connectivity index (χ0n) is 10.4. The summed E-state index contributed by atoms with van der Waals surface area (Å²) >= 11 is 1.54. The van der Waals surface area contributed by atoms with Crippen LogP contribution in [0.1, 0.15) is 25.7 Å². The lowest BCUT2D eigenvalue weighted by Gasteiger charge is -2.27. The number of hydrogen-bond acceptors (Lipinski definition) is 5. The summed E-state index contributed by atoms with van der Waals surface area (Å²) in [5, 5.41) is 10.2. The van der Waals surface area contributed by atoms with Gasteiger partial charge in [0.25, 0.3) is 0 Å². The first kappa shape index (κ1) is 13.1. The Balaban J connectivity index is 2.28. The Bertz CT molecular complexity index is 428. The number of nitrogens with zero attached hydrogens (tertiary/aromatic N) is 3. The van der Waals surface area contributed by atoms with Gasteiger partial charge in [0.2, 0.25) is 0 Å². The number of aromatic nitrogens is 2. The van der Waals surface area contributed by atoms with E-state index in [1.54, 1.807) is 0 Å². The molecule has 1 atom stereocenters. The van der Waals surface area contributed by atoms with Crippen LogP contribution in [0, 0.1) is 0 Å². The van der Waals surface area contributed by atoms with Crippen molar-refractivity contribution in [2.75, 3.05) is 17.7 Å². The van der Waals surface area contributed by atoms with Crippen LogP contribution in [0.2, 0.25) is 0 Å². The van der Waals surface area contributed by atoms with Crippen LogP contribution in [0.15, 0.2) is 17.4 Å². The normalized spacial score (nSPS) is 20.5. The zero-order valence-corrected chi connectivity index (χ0v) is 11.2. The van der Waals surface area contributed by atoms with Gasteiger partial charge in [-0.05, 0) is 19.1 Å². The van der Waals surface area contributed by atoms with Gasteiger partial charge in [-0.1, -0.05) is 12.8 Å². The van der Waals surface area contributed by atoms with Crippen LogP contribution in [0.5, 0.6) is 0 Å². The van der Waals surface area contributed by atoms with Gasteiger partial charge in [0.05, 0.1) is 0 Å². The van der Waals surface area contributed by atoms with Crippen LogP contribution in [0.4, 0.5) is 5.82 Å². The number of anilines is 1. The highest BCUT2D eigenvalue weighted by Gasteiger charge is 2.28. The highest BCUT2D eigenvalue weighted by atomic mass is 32.2. The van der Waals surface area contributed by atoms with Crippen molar-refractivity contribution in [3.63, 3.8) is 0 Å². The highest BCUT2D eigenvalue weighted by Crippen LogP contribution is 2.24. The van der Waals surface area contributed by atoms with E-state index in [1.165, 1.54) is 18.1 Å². The molecule has 0 spiro atoms. The summed E-state index contributed by atoms with van der Waals surface area (Å²) in [4.78, 5) is 21.6. The van der Waals surface area contributed by atoms with Gasteiger partial charge in [0, 0.05) is 12.6 Å². The van der Waals surface area contributed by atoms with E-state index < -0.39 is 12.0 Å². The lowest BCUT2D eigenvalue weighted by atomic mass is 10.1. The zero-order chi connectivity index (χ0) is 13.0. The van der Waals surface area contributed by atoms with Gasteiger partial charge in [-0.3, -0.25) is 0 Å². The molecule has 6 heteroatoms. The van der Waals surface area contributed by atoms with Gasteiger partial charge in [-0.2, -0.15) is 0 Å². The second-order valence-corrected chi connectivity index (χ2v) is 5.14. The van der Waals surface area contributed by atoms with Crippen LogP contribution < -0.4 is 4.90 Å². The van der Waals surface area contributed by atoms with Crippen molar-refractivity contribution < 1.29 is 9.90 Å². The van der Waals surface area contributed by atoms with E-state index in [0.29, 0.717) is 6.42 Å². The summed E-state index contributed by atoms with van der Waals surface area (Å²) in [6.07, 6.45) is 7.21. The Hall–Kier alpha value is -1.30. The molecule has 1 fully saturated rings. The minimum Gasteiger partial charge on any atom is -0.480 e. The van der Waals surface area contributed by atoms with Crippen molar-refractivity contribution in [2.45, 2.75) is 36.8 Å². The number of aliphatic carboxylic acids is 1. The molecule has 0 aromatic carbocycles. The van der Waals surface area contributed by atoms with Crippen molar-refractivity contribution >= 4 is 23.5 Å². The standard InChI is InChI=1S/C12H17N3O2S/c1-18-11-7-10(13-8-14-11)15-6-4-2-3-5-9(15)12(16)17/h7-9H,2-6H2,1H3,(H,16,17). The molecule has 2 rings (SSSR count). The summed E-state index contributed by atoms with van der Waals surface area (Å²) < 4.78 is 0. The SMILES string of the molecule is CSc1cc(N2CCCCCC2C(=O)O)ncn1. The predicted octanol–water partition coefficient (Wildman–Crippen LogP) is 2.03. The number of carbonyl (C=O) groups is 1. The minimum absolute atomic E-state index is 0.461. The fourth-order valence-corrected chi connectivity index (χ4v) is 2.61. The molecule has 5 nitrogen and oxygen atoms in total. The smallest absolute Gasteiger partial charge is 0.326 e. The lowest BCUT2D eigenvalue weighted by molar-refractivity contribution is -0.138. The Labute approximate surface area is 111 Å². The van der Waals surface area contributed by atoms with E-state index in [1.807, 2.05) is 17.2 Å². The number of carboxylic acids is 1. The summed E-state index contributed by atoms with van der Waals surface area (Å²) in [5.74, 6) is -0.0372. The van der Waals surface area contributed by atoms with Crippen LogP contribution >= 0.6 is 11.8 Å². The molecule has 0 amide bonds. The van der Waals surface area contributed by atoms with E-state index in [0.717, 1.165) is 36.7 Å². The molecule has 2 heterocycles. The Morgan fingerprint density at radius 3 is 3.00 bits per heavy atom. The molecule has 0 radical (unpaired) electrons. The lowest BCUT2D eigenvalue weighted by Crippen LogP contribution is -2.41. The Kier molecular flexibility index (Phi) is 4.41. The van der Waals surface area contributed by atoms with Crippen molar-refractivity contribution in [3.8, 4) is 0 Å². The van der Waals surface area contributed by atoms with E-state index >= 15 is 0 Å². The molecule has 1 aromatic heterocycles. The minimum atomic E-state index is -0.763. The quantitative estimate of drug-likeness (QED) is 0.667. The average molecular weight is 267 g/mol. The molecule has 1 aliphatic heterocycles. The summed E-state index contributed by atoms with van der Waals surface area (Å²) in [6, 6.07) is 1.41. The molecule has 0 bridgehead atoms. The maximum atomic E-state index is 11.4. The monoisotopic (exact) mass is 267 g/mol. The molecule has 0 saturated carbocycles. The molecule has 1 aromatic rings. The number of hydrogen-bond donors (Lipinski definition) is 1. The van der Waals surface area contributed by atoms with Gasteiger partial charge < -0.3 is 10.0 Å². The molecule has 1 aliphatic rings. The van der Waals surface area contributed by atoms with Crippen molar-refractivity contribution in [1.82, 2.24) is 9.97 Å². The van der Waals surface area contributed by atoms with E-state index in [2.05, 4.69) is 9.97 Å². The number of rotatable bonds is 3. The number of carboxylic acid groups (broad SMARTS) is 1. The van der Waals surface area contributed by atoms with Gasteiger partial charge in [0.1, 0.15) is 23.2 Å². The largest absolute Gasteiger partial charge is 0.480 e. The van der Waals surface area contributed by atoms with E-state index in [-0.39, 0.29) is 0 Å². The third-order valence-electron chi connectivity index (χ3n) is 3.17. The van der Waals surface area contributed by atoms with Crippen molar-refractivity contribution in [3.05, 3.63) is 12.4 Å². The molecule has 18 heavy (non-hydrogen) atoms. The predicted molar refractivity (Wildman–Crippen MR) is 71.1 cm³/mol. The molecular weight excluding hydrogens is 250 g/mol. The molecule has 1 N–H and O–H groups in total. The Morgan fingerprint density at radius 1 is 1.44 bits per heavy atom. The fourth-order valence-electron chi connectivity index (χ4n) is 2.24. The maximum Gasteiger partial charge on any atom is 0.326 e. The van der Waals surface area contributed by atoms with Gasteiger partial charge in [0.15, 0.2) is 0 Å². The molecule has 1 unspecified atom stereocenters. The third kappa shape index (κ3) is 2.93. The second-order valence-electron chi connectivity index (χ2n) is 4.32. The van der Waals surface area contributed by atoms with Crippen LogP contribution in [-0.4, -0.2) is 39.9 Å². The highest BCUT2D eigenvalue weighted by molar-refractivity contribution is 7.98. The van der Waals surface area contributed by atoms with Crippen molar-refractivity contribution in [2.24, 2.45) is 0 Å². The Morgan fingerprint density at radius 2 is 2.28 bits per heavy atom. The summed E-state index contributed by atoms with van der Waals surface area (Å²) in [6.45, 7) is 0.752. The third-order valence-corrected chi connectivity index (χ3v) is 3.81. The van der Waals surface area contributed by atoms with Crippen LogP contribution in [-0.2, 0) is 4.79 Å². The van der Waals surface area contributed by atoms with E-state index in [9.17, 15) is 9.90 Å². The molecular formula is C12H17N3O2S. The molecule has 98 valence electrons. The first-order chi connectivity index (χ1) is 8.72. The first-order valence-electron chi connectivity index (χ1n) is 6.08. The maximum absolute atomic E-state index is 11.4. The second kappa shape index (κ2) is 6.04. The van der Waals surface area contributed by atoms with E-state index in [4.69, 9.17) is 0 Å². The van der Waals surface area contributed by atoms with Gasteiger partial charge in [-0.15, -0.1) is 11.8 Å². The summed E-state index contributed by atoms with van der Waals surface area (Å²) in [5.41, 5.74) is 0. The van der Waals surface area contributed by atoms with Crippen LogP contribution in [0.25, 0.3) is 0 Å².